The van der Waals surface area contributed by atoms with Crippen LogP contribution in [0.2, 0.25) is 0 Å². The summed E-state index contributed by atoms with van der Waals surface area (Å²) in [6.45, 7) is 6.28. The van der Waals surface area contributed by atoms with E-state index in [2.05, 4.69) is 0 Å². The predicted octanol–water partition coefficient (Wildman–Crippen LogP) is 1.40. The average molecular weight is 330 g/mol. The van der Waals surface area contributed by atoms with E-state index in [9.17, 15) is 19.8 Å². The van der Waals surface area contributed by atoms with E-state index in [0.717, 1.165) is 0 Å². The van der Waals surface area contributed by atoms with Gasteiger partial charge < -0.3 is 24.7 Å². The molecule has 1 rings (SSSR count). The van der Waals surface area contributed by atoms with E-state index >= 15 is 0 Å². The smallest absolute Gasteiger partial charge is 0.410 e. The topological polar surface area (TPSA) is 90.3 Å². The van der Waals surface area contributed by atoms with Gasteiger partial charge in [0.05, 0.1) is 11.5 Å². The second-order valence-electron chi connectivity index (χ2n) is 7.71. The zero-order chi connectivity index (χ0) is 17.8. The molecule has 1 amide bonds. The molecule has 2 atom stereocenters. The summed E-state index contributed by atoms with van der Waals surface area (Å²) in [6.07, 6.45) is -0.0868. The number of piperidine rings is 1. The minimum Gasteiger partial charge on any atom is -0.481 e. The van der Waals surface area contributed by atoms with Gasteiger partial charge in [-0.1, -0.05) is 0 Å². The Hall–Kier alpha value is -1.34. The number of aliphatic hydroxyl groups excluding tert-OH is 1. The van der Waals surface area contributed by atoms with E-state index in [-0.39, 0.29) is 13.0 Å². The largest absolute Gasteiger partial charge is 0.481 e. The number of carbonyl (C=O) groups is 2. The van der Waals surface area contributed by atoms with Crippen molar-refractivity contribution in [3.63, 3.8) is 0 Å². The van der Waals surface area contributed by atoms with Crippen LogP contribution in [0.5, 0.6) is 0 Å². The molecule has 0 saturated carbocycles. The van der Waals surface area contributed by atoms with Crippen LogP contribution in [0.15, 0.2) is 0 Å². The van der Waals surface area contributed by atoms with Crippen molar-refractivity contribution in [1.29, 1.82) is 0 Å². The van der Waals surface area contributed by atoms with Crippen LogP contribution in [0.3, 0.4) is 0 Å². The third kappa shape index (κ3) is 5.99. The molecular weight excluding hydrogens is 300 g/mol. The minimum atomic E-state index is -1.12. The highest BCUT2D eigenvalue weighted by atomic mass is 16.6. The Morgan fingerprint density at radius 2 is 1.96 bits per heavy atom. The lowest BCUT2D eigenvalue weighted by molar-refractivity contribution is -0.155. The second-order valence-corrected chi connectivity index (χ2v) is 7.71. The summed E-state index contributed by atoms with van der Waals surface area (Å²) in [7, 11) is 3.65. The molecule has 0 aromatic rings. The SMILES string of the molecule is CN(C)C[C@@H](O)C[C@@]1(C(=O)O)CCCN(C(=O)OC(C)(C)C)C1. The number of ether oxygens (including phenoxy) is 1. The Kier molecular flexibility index (Phi) is 6.41. The van der Waals surface area contributed by atoms with Crippen LogP contribution >= 0.6 is 0 Å². The summed E-state index contributed by atoms with van der Waals surface area (Å²) < 4.78 is 5.34. The molecule has 1 fully saturated rings. The Morgan fingerprint density at radius 1 is 1.35 bits per heavy atom. The van der Waals surface area contributed by atoms with Gasteiger partial charge in [0.15, 0.2) is 0 Å². The van der Waals surface area contributed by atoms with Gasteiger partial charge in [-0.3, -0.25) is 4.79 Å². The van der Waals surface area contributed by atoms with Crippen molar-refractivity contribution in [1.82, 2.24) is 9.80 Å². The zero-order valence-electron chi connectivity index (χ0n) is 14.8. The number of rotatable bonds is 5. The average Bonchev–Trinajstić information content (AvgIpc) is 2.35. The van der Waals surface area contributed by atoms with Gasteiger partial charge >= 0.3 is 12.1 Å². The number of carbonyl (C=O) groups excluding carboxylic acids is 1. The second kappa shape index (κ2) is 7.49. The van der Waals surface area contributed by atoms with Crippen LogP contribution in [0.4, 0.5) is 4.79 Å². The first-order valence-corrected chi connectivity index (χ1v) is 7.99. The molecule has 23 heavy (non-hydrogen) atoms. The number of hydrogen-bond acceptors (Lipinski definition) is 5. The van der Waals surface area contributed by atoms with Gasteiger partial charge in [-0.25, -0.2) is 4.79 Å². The van der Waals surface area contributed by atoms with Crippen LogP contribution < -0.4 is 0 Å². The predicted molar refractivity (Wildman–Crippen MR) is 86.3 cm³/mol. The van der Waals surface area contributed by atoms with Crippen molar-refractivity contribution < 1.29 is 24.5 Å². The van der Waals surface area contributed by atoms with E-state index in [4.69, 9.17) is 4.74 Å². The maximum absolute atomic E-state index is 12.2. The van der Waals surface area contributed by atoms with Gasteiger partial charge in [0.2, 0.25) is 0 Å². The summed E-state index contributed by atoms with van der Waals surface area (Å²) >= 11 is 0. The molecule has 1 saturated heterocycles. The molecule has 1 aliphatic rings. The highest BCUT2D eigenvalue weighted by Gasteiger charge is 2.45. The first-order chi connectivity index (χ1) is 10.4. The summed E-state index contributed by atoms with van der Waals surface area (Å²) in [4.78, 5) is 27.3. The van der Waals surface area contributed by atoms with Crippen molar-refractivity contribution in [3.8, 4) is 0 Å². The van der Waals surface area contributed by atoms with Crippen LogP contribution in [0, 0.1) is 5.41 Å². The van der Waals surface area contributed by atoms with Crippen LogP contribution in [0.1, 0.15) is 40.0 Å². The molecule has 2 N–H and O–H groups in total. The standard InChI is InChI=1S/C16H30N2O5/c1-15(2,3)23-14(22)18-8-6-7-16(11-18,13(20)21)9-12(19)10-17(4)5/h12,19H,6-11H2,1-5H3,(H,20,21)/t12-,16-/m0/s1. The minimum absolute atomic E-state index is 0.0712. The lowest BCUT2D eigenvalue weighted by Gasteiger charge is -2.41. The lowest BCUT2D eigenvalue weighted by atomic mass is 9.75. The number of hydrogen-bond donors (Lipinski definition) is 2. The first kappa shape index (κ1) is 19.7. The molecule has 134 valence electrons. The van der Waals surface area contributed by atoms with Crippen LogP contribution in [-0.2, 0) is 9.53 Å². The summed E-state index contributed by atoms with van der Waals surface area (Å²) in [5.74, 6) is -0.969. The summed E-state index contributed by atoms with van der Waals surface area (Å²) in [5, 5.41) is 19.9. The number of aliphatic carboxylic acids is 1. The lowest BCUT2D eigenvalue weighted by Crippen LogP contribution is -2.52. The maximum Gasteiger partial charge on any atom is 0.410 e. The van der Waals surface area contributed by atoms with E-state index in [1.165, 1.54) is 4.90 Å². The molecular formula is C16H30N2O5. The van der Waals surface area contributed by atoms with Gasteiger partial charge in [0.1, 0.15) is 5.60 Å². The maximum atomic E-state index is 12.2. The van der Waals surface area contributed by atoms with E-state index in [0.29, 0.717) is 25.9 Å². The van der Waals surface area contributed by atoms with Gasteiger partial charge in [0.25, 0.3) is 0 Å². The molecule has 0 aliphatic carbocycles. The molecule has 0 radical (unpaired) electrons. The number of likely N-dealkylation sites (N-methyl/N-ethyl adjacent to an activating group) is 1. The highest BCUT2D eigenvalue weighted by Crippen LogP contribution is 2.35. The van der Waals surface area contributed by atoms with Crippen LogP contribution in [-0.4, -0.2) is 77.5 Å². The number of nitrogens with zero attached hydrogens (tertiary/aromatic N) is 2. The molecule has 0 aromatic carbocycles. The van der Waals surface area contributed by atoms with Crippen molar-refractivity contribution in [3.05, 3.63) is 0 Å². The third-order valence-electron chi connectivity index (χ3n) is 3.88. The summed E-state index contributed by atoms with van der Waals surface area (Å²) in [5.41, 5.74) is -1.74. The number of carboxylic acids is 1. The van der Waals surface area contributed by atoms with Crippen molar-refractivity contribution >= 4 is 12.1 Å². The van der Waals surface area contributed by atoms with Gasteiger partial charge in [-0.15, -0.1) is 0 Å². The number of carboxylic acid groups (broad SMARTS) is 1. The quantitative estimate of drug-likeness (QED) is 0.792. The normalized spacial score (nSPS) is 23.7. The van der Waals surface area contributed by atoms with Gasteiger partial charge in [0, 0.05) is 19.6 Å². The fraction of sp³-hybridized carbons (Fsp3) is 0.875. The van der Waals surface area contributed by atoms with E-state index < -0.39 is 29.2 Å². The fourth-order valence-corrected chi connectivity index (χ4v) is 2.98. The molecule has 0 spiro atoms. The van der Waals surface area contributed by atoms with E-state index in [1.807, 2.05) is 19.0 Å². The monoisotopic (exact) mass is 330 g/mol. The third-order valence-corrected chi connectivity index (χ3v) is 3.88. The molecule has 0 bridgehead atoms. The summed E-state index contributed by atoms with van der Waals surface area (Å²) in [6, 6.07) is 0. The van der Waals surface area contributed by atoms with Crippen molar-refractivity contribution in [2.24, 2.45) is 5.41 Å². The van der Waals surface area contributed by atoms with Gasteiger partial charge in [-0.05, 0) is 54.1 Å². The molecule has 0 aromatic heterocycles. The van der Waals surface area contributed by atoms with E-state index in [1.54, 1.807) is 20.8 Å². The Morgan fingerprint density at radius 3 is 2.43 bits per heavy atom. The van der Waals surface area contributed by atoms with Crippen molar-refractivity contribution in [2.45, 2.75) is 51.7 Å². The number of amides is 1. The van der Waals surface area contributed by atoms with Crippen LogP contribution in [0.25, 0.3) is 0 Å². The first-order valence-electron chi connectivity index (χ1n) is 7.99. The Bertz CT molecular complexity index is 433. The molecule has 0 unspecified atom stereocenters. The molecule has 7 nitrogen and oxygen atoms in total. The number of aliphatic hydroxyl groups is 1. The molecule has 1 aliphatic heterocycles. The molecule has 7 heteroatoms. The Balaban J connectivity index is 2.83. The van der Waals surface area contributed by atoms with Gasteiger partial charge in [-0.2, -0.15) is 0 Å². The molecule has 1 heterocycles. The number of likely N-dealkylation sites (tertiary alicyclic amines) is 1. The fourth-order valence-electron chi connectivity index (χ4n) is 2.98. The van der Waals surface area contributed by atoms with Crippen molar-refractivity contribution in [2.75, 3.05) is 33.7 Å². The Labute approximate surface area is 138 Å². The highest BCUT2D eigenvalue weighted by molar-refractivity contribution is 5.77. The zero-order valence-corrected chi connectivity index (χ0v) is 14.8.